The van der Waals surface area contributed by atoms with Gasteiger partial charge in [-0.15, -0.1) is 0 Å². The van der Waals surface area contributed by atoms with E-state index in [-0.39, 0.29) is 5.92 Å². The van der Waals surface area contributed by atoms with Crippen molar-refractivity contribution >= 4 is 16.2 Å². The Hall–Kier alpha value is -1.09. The van der Waals surface area contributed by atoms with E-state index in [2.05, 4.69) is 10.2 Å². The molecule has 0 spiro atoms. The van der Waals surface area contributed by atoms with Crippen LogP contribution in [0.25, 0.3) is 0 Å². The summed E-state index contributed by atoms with van der Waals surface area (Å²) in [7, 11) is 3.24. The van der Waals surface area contributed by atoms with Gasteiger partial charge in [0.25, 0.3) is 0 Å². The molecule has 0 unspecified atom stereocenters. The fraction of sp³-hybridized carbons (Fsp3) is 0.300. The van der Waals surface area contributed by atoms with E-state index in [1.807, 2.05) is 30.3 Å². The second kappa shape index (κ2) is 4.82. The van der Waals surface area contributed by atoms with Gasteiger partial charge in [-0.25, -0.2) is 0 Å². The van der Waals surface area contributed by atoms with Crippen molar-refractivity contribution in [3.05, 3.63) is 35.9 Å². The lowest BCUT2D eigenvalue weighted by Crippen LogP contribution is -2.15. The van der Waals surface area contributed by atoms with Crippen LogP contribution < -0.4 is 0 Å². The average molecular weight is 191 g/mol. The number of hydrogen-bond donors (Lipinski definition) is 1. The Kier molecular flexibility index (Phi) is 3.70. The van der Waals surface area contributed by atoms with Gasteiger partial charge in [-0.05, 0) is 12.0 Å². The third-order valence-electron chi connectivity index (χ3n) is 1.92. The van der Waals surface area contributed by atoms with E-state index < -0.39 is 5.97 Å². The molecule has 3 heteroatoms. The molecule has 2 nitrogen and oxygen atoms in total. The molecule has 0 aliphatic heterocycles. The Balaban J connectivity index is 2.62. The van der Waals surface area contributed by atoms with E-state index >= 15 is 0 Å². The van der Waals surface area contributed by atoms with Crippen LogP contribution in [0.2, 0.25) is 6.04 Å². The first-order chi connectivity index (χ1) is 6.24. The molecule has 13 heavy (non-hydrogen) atoms. The van der Waals surface area contributed by atoms with Crippen molar-refractivity contribution in [2.75, 3.05) is 0 Å². The molecular formula is C10H11O2Si. The van der Waals surface area contributed by atoms with E-state index in [1.54, 1.807) is 0 Å². The van der Waals surface area contributed by atoms with Gasteiger partial charge in [0.2, 0.25) is 0 Å². The van der Waals surface area contributed by atoms with Crippen LogP contribution in [0.15, 0.2) is 30.3 Å². The predicted octanol–water partition coefficient (Wildman–Crippen LogP) is 1.52. The van der Waals surface area contributed by atoms with Gasteiger partial charge in [-0.3, -0.25) is 4.79 Å². The molecule has 0 aromatic heterocycles. The smallest absolute Gasteiger partial charge is 0.306 e. The second-order valence-corrected chi connectivity index (χ2v) is 3.34. The summed E-state index contributed by atoms with van der Waals surface area (Å²) in [4.78, 5) is 10.7. The maximum Gasteiger partial charge on any atom is 0.306 e. The van der Waals surface area contributed by atoms with Crippen LogP contribution in [0.4, 0.5) is 0 Å². The molecule has 1 aromatic carbocycles. The SMILES string of the molecule is O=C(O)[C@@H](C[Si])Cc1ccccc1. The molecule has 0 saturated heterocycles. The molecule has 0 amide bonds. The standard InChI is InChI=1S/C10H11O2Si/c11-10(12)9(7-13)6-8-4-2-1-3-5-8/h1-5,9H,6-7H2,(H,11,12)/t9-/m1/s1. The highest BCUT2D eigenvalue weighted by Crippen LogP contribution is 2.11. The van der Waals surface area contributed by atoms with Gasteiger partial charge >= 0.3 is 5.97 Å². The average Bonchev–Trinajstić information content (AvgIpc) is 2.15. The molecule has 0 saturated carbocycles. The fourth-order valence-electron chi connectivity index (χ4n) is 1.15. The lowest BCUT2D eigenvalue weighted by atomic mass is 10.0. The van der Waals surface area contributed by atoms with Crippen molar-refractivity contribution in [1.29, 1.82) is 0 Å². The van der Waals surface area contributed by atoms with Gasteiger partial charge in [-0.1, -0.05) is 36.4 Å². The highest BCUT2D eigenvalue weighted by Gasteiger charge is 2.14. The zero-order valence-corrected chi connectivity index (χ0v) is 8.23. The monoisotopic (exact) mass is 191 g/mol. The summed E-state index contributed by atoms with van der Waals surface area (Å²) in [5.74, 6) is -1.09. The first kappa shape index (κ1) is 9.99. The maximum atomic E-state index is 10.7. The topological polar surface area (TPSA) is 37.3 Å². The summed E-state index contributed by atoms with van der Waals surface area (Å²) in [6, 6.07) is 10.1. The Morgan fingerprint density at radius 3 is 2.46 bits per heavy atom. The van der Waals surface area contributed by atoms with Crippen LogP contribution in [-0.4, -0.2) is 21.3 Å². The Labute approximate surface area is 81.0 Å². The zero-order chi connectivity index (χ0) is 9.68. The number of carbonyl (C=O) groups is 1. The van der Waals surface area contributed by atoms with E-state index in [4.69, 9.17) is 5.11 Å². The molecule has 1 N–H and O–H groups in total. The van der Waals surface area contributed by atoms with Crippen molar-refractivity contribution in [2.24, 2.45) is 5.92 Å². The number of carboxylic acid groups (broad SMARTS) is 1. The van der Waals surface area contributed by atoms with Gasteiger partial charge in [0, 0.05) is 10.2 Å². The Bertz CT molecular complexity index is 272. The van der Waals surface area contributed by atoms with Gasteiger partial charge in [0.1, 0.15) is 0 Å². The molecule has 0 bridgehead atoms. The second-order valence-electron chi connectivity index (χ2n) is 2.93. The third-order valence-corrected chi connectivity index (χ3v) is 2.41. The van der Waals surface area contributed by atoms with Gasteiger partial charge in [0.05, 0.1) is 5.92 Å². The van der Waals surface area contributed by atoms with Gasteiger partial charge in [0.15, 0.2) is 0 Å². The number of benzene rings is 1. The van der Waals surface area contributed by atoms with Crippen molar-refractivity contribution in [3.8, 4) is 0 Å². The zero-order valence-electron chi connectivity index (χ0n) is 7.23. The summed E-state index contributed by atoms with van der Waals surface area (Å²) < 4.78 is 0. The third kappa shape index (κ3) is 3.03. The van der Waals surface area contributed by atoms with Crippen molar-refractivity contribution in [2.45, 2.75) is 12.5 Å². The molecule has 1 aromatic rings. The minimum absolute atomic E-state index is 0.334. The Morgan fingerprint density at radius 2 is 2.00 bits per heavy atom. The number of hydrogen-bond acceptors (Lipinski definition) is 1. The number of rotatable bonds is 4. The van der Waals surface area contributed by atoms with E-state index in [1.165, 1.54) is 0 Å². The van der Waals surface area contributed by atoms with E-state index in [0.29, 0.717) is 12.5 Å². The lowest BCUT2D eigenvalue weighted by Gasteiger charge is -2.08. The quantitative estimate of drug-likeness (QED) is 0.733. The fourth-order valence-corrected chi connectivity index (χ4v) is 1.46. The molecule has 0 aliphatic rings. The highest BCUT2D eigenvalue weighted by molar-refractivity contribution is 6.10. The molecule has 0 aliphatic carbocycles. The van der Waals surface area contributed by atoms with Gasteiger partial charge in [-0.2, -0.15) is 0 Å². The number of carboxylic acids is 1. The predicted molar refractivity (Wildman–Crippen MR) is 51.8 cm³/mol. The highest BCUT2D eigenvalue weighted by atomic mass is 28.1. The van der Waals surface area contributed by atoms with Crippen LogP contribution >= 0.6 is 0 Å². The first-order valence-electron chi connectivity index (χ1n) is 4.15. The molecule has 0 heterocycles. The summed E-state index contributed by atoms with van der Waals surface area (Å²) in [5, 5.41) is 8.80. The first-order valence-corrected chi connectivity index (χ1v) is 4.86. The minimum atomic E-state index is -0.751. The molecule has 67 valence electrons. The molecule has 3 radical (unpaired) electrons. The summed E-state index contributed by atoms with van der Waals surface area (Å²) in [6.07, 6.45) is 0.583. The summed E-state index contributed by atoms with van der Waals surface area (Å²) in [6.45, 7) is 0. The van der Waals surface area contributed by atoms with Crippen molar-refractivity contribution in [3.63, 3.8) is 0 Å². The van der Waals surface area contributed by atoms with Crippen molar-refractivity contribution in [1.82, 2.24) is 0 Å². The molecular weight excluding hydrogens is 180 g/mol. The van der Waals surface area contributed by atoms with Crippen molar-refractivity contribution < 1.29 is 9.90 Å². The largest absolute Gasteiger partial charge is 0.481 e. The van der Waals surface area contributed by atoms with Crippen LogP contribution in [0, 0.1) is 5.92 Å². The van der Waals surface area contributed by atoms with E-state index in [0.717, 1.165) is 5.56 Å². The van der Waals surface area contributed by atoms with E-state index in [9.17, 15) is 4.79 Å². The summed E-state index contributed by atoms with van der Waals surface area (Å²) >= 11 is 0. The van der Waals surface area contributed by atoms with Crippen LogP contribution in [0.3, 0.4) is 0 Å². The van der Waals surface area contributed by atoms with Gasteiger partial charge < -0.3 is 5.11 Å². The molecule has 1 rings (SSSR count). The minimum Gasteiger partial charge on any atom is -0.481 e. The molecule has 1 atom stereocenters. The molecule has 0 fully saturated rings. The maximum absolute atomic E-state index is 10.7. The van der Waals surface area contributed by atoms with Crippen LogP contribution in [0.1, 0.15) is 5.56 Å². The summed E-state index contributed by atoms with van der Waals surface area (Å²) in [5.41, 5.74) is 1.06. The number of aliphatic carboxylic acids is 1. The lowest BCUT2D eigenvalue weighted by molar-refractivity contribution is -0.141. The Morgan fingerprint density at radius 1 is 1.38 bits per heavy atom. The van der Waals surface area contributed by atoms with Crippen LogP contribution in [-0.2, 0) is 11.2 Å². The van der Waals surface area contributed by atoms with Crippen LogP contribution in [0.5, 0.6) is 0 Å². The normalized spacial score (nSPS) is 12.4.